The zero-order valence-electron chi connectivity index (χ0n) is 15.7. The molecule has 4 rings (SSSR count). The van der Waals surface area contributed by atoms with Gasteiger partial charge in [0.1, 0.15) is 0 Å². The van der Waals surface area contributed by atoms with Crippen molar-refractivity contribution in [1.29, 1.82) is 0 Å². The molecule has 2 aromatic carbocycles. The Bertz CT molecular complexity index is 945. The number of rotatable bonds is 3. The summed E-state index contributed by atoms with van der Waals surface area (Å²) in [6, 6.07) is 15.8. The maximum atomic E-state index is 6.48. The zero-order valence-corrected chi connectivity index (χ0v) is 16.4. The number of aromatic nitrogens is 2. The summed E-state index contributed by atoms with van der Waals surface area (Å²) in [6.07, 6.45) is 3.88. The van der Waals surface area contributed by atoms with Crippen LogP contribution in [0, 0.1) is 0 Å². The number of nitrogens with two attached hydrogens (primary N) is 2. The first-order chi connectivity index (χ1) is 13.5. The van der Waals surface area contributed by atoms with Crippen LogP contribution in [-0.2, 0) is 0 Å². The summed E-state index contributed by atoms with van der Waals surface area (Å²) in [4.78, 5) is 13.1. The molecule has 0 saturated carbocycles. The minimum Gasteiger partial charge on any atom is -0.340 e. The molecule has 6 nitrogen and oxygen atoms in total. The van der Waals surface area contributed by atoms with Crippen LogP contribution in [-0.4, -0.2) is 28.8 Å². The predicted octanol–water partition coefficient (Wildman–Crippen LogP) is 3.73. The molecule has 1 aliphatic heterocycles. The van der Waals surface area contributed by atoms with Gasteiger partial charge in [-0.2, -0.15) is 0 Å². The zero-order chi connectivity index (χ0) is 19.7. The summed E-state index contributed by atoms with van der Waals surface area (Å²) in [6.45, 7) is 2.72. The van der Waals surface area contributed by atoms with Gasteiger partial charge < -0.3 is 21.3 Å². The van der Waals surface area contributed by atoms with Crippen molar-refractivity contribution >= 4 is 28.7 Å². The molecule has 0 amide bonds. The molecule has 4 N–H and O–H groups in total. The van der Waals surface area contributed by atoms with E-state index >= 15 is 0 Å². The van der Waals surface area contributed by atoms with Gasteiger partial charge in [-0.05, 0) is 61.9 Å². The van der Waals surface area contributed by atoms with Gasteiger partial charge in [0.05, 0.1) is 23.7 Å². The number of benzene rings is 2. The van der Waals surface area contributed by atoms with Gasteiger partial charge in [0, 0.05) is 35.2 Å². The molecule has 0 saturated heterocycles. The van der Waals surface area contributed by atoms with Gasteiger partial charge in [-0.1, -0.05) is 11.6 Å². The quantitative estimate of drug-likeness (QED) is 0.704. The first-order valence-corrected chi connectivity index (χ1v) is 9.66. The van der Waals surface area contributed by atoms with E-state index in [4.69, 9.17) is 23.1 Å². The Balaban J connectivity index is 1.88. The van der Waals surface area contributed by atoms with Gasteiger partial charge in [0.15, 0.2) is 5.82 Å². The maximum absolute atomic E-state index is 6.48. The topological polar surface area (TPSA) is 84.3 Å². The molecule has 144 valence electrons. The molecule has 7 heteroatoms. The van der Waals surface area contributed by atoms with E-state index in [1.165, 1.54) is 0 Å². The molecule has 0 spiro atoms. The van der Waals surface area contributed by atoms with Crippen LogP contribution >= 0.6 is 11.6 Å². The number of anilines is 3. The Hall–Kier alpha value is -2.67. The van der Waals surface area contributed by atoms with Gasteiger partial charge in [0.25, 0.3) is 0 Å². The summed E-state index contributed by atoms with van der Waals surface area (Å²) in [5.41, 5.74) is 16.8. The normalized spacial score (nSPS) is 17.8. The van der Waals surface area contributed by atoms with Gasteiger partial charge in [-0.3, -0.25) is 0 Å². The third kappa shape index (κ3) is 3.54. The summed E-state index contributed by atoms with van der Waals surface area (Å²) < 4.78 is 0. The van der Waals surface area contributed by atoms with E-state index in [0.29, 0.717) is 10.8 Å². The highest BCUT2D eigenvalue weighted by atomic mass is 35.5. The fraction of sp³-hybridized carbons (Fsp3) is 0.238. The molecular weight excluding hydrogens is 372 g/mol. The van der Waals surface area contributed by atoms with Crippen molar-refractivity contribution in [3.8, 4) is 11.4 Å². The first-order valence-electron chi connectivity index (χ1n) is 9.28. The van der Waals surface area contributed by atoms with E-state index in [-0.39, 0.29) is 12.3 Å². The van der Waals surface area contributed by atoms with Crippen LogP contribution in [0.5, 0.6) is 0 Å². The maximum Gasteiger partial charge on any atom is 0.159 e. The van der Waals surface area contributed by atoms with E-state index in [1.807, 2.05) is 43.3 Å². The fourth-order valence-corrected chi connectivity index (χ4v) is 3.78. The van der Waals surface area contributed by atoms with E-state index in [1.54, 1.807) is 12.4 Å². The molecule has 0 bridgehead atoms. The van der Waals surface area contributed by atoms with Crippen molar-refractivity contribution < 1.29 is 0 Å². The number of hydrogen-bond donors (Lipinski definition) is 2. The van der Waals surface area contributed by atoms with Crippen molar-refractivity contribution in [2.75, 3.05) is 16.3 Å². The summed E-state index contributed by atoms with van der Waals surface area (Å²) in [7, 11) is 0. The molecule has 0 fully saturated rings. The van der Waals surface area contributed by atoms with Gasteiger partial charge in [-0.25, -0.2) is 9.97 Å². The lowest BCUT2D eigenvalue weighted by molar-refractivity contribution is 0.528. The standard InChI is InChI=1S/C21H23ClN6/c1-14(23)28-18-8-3-15(21-25-10-2-11-26-21)13-19(18)27(12-9-20(28)24)17-6-4-16(22)5-7-17/h2-8,10-11,13-14,20H,9,12,23-24H2,1H3. The number of nitrogens with zero attached hydrogens (tertiary/aromatic N) is 4. The summed E-state index contributed by atoms with van der Waals surface area (Å²) >= 11 is 6.10. The Kier molecular flexibility index (Phi) is 5.17. The second kappa shape index (κ2) is 7.75. The average Bonchev–Trinajstić information content (AvgIpc) is 2.85. The van der Waals surface area contributed by atoms with Gasteiger partial charge in [-0.15, -0.1) is 0 Å². The molecule has 28 heavy (non-hydrogen) atoms. The highest BCUT2D eigenvalue weighted by molar-refractivity contribution is 6.30. The average molecular weight is 395 g/mol. The predicted molar refractivity (Wildman–Crippen MR) is 115 cm³/mol. The minimum absolute atomic E-state index is 0.171. The van der Waals surface area contributed by atoms with Gasteiger partial charge in [0.2, 0.25) is 0 Å². The van der Waals surface area contributed by atoms with Crippen molar-refractivity contribution in [3.05, 3.63) is 65.9 Å². The van der Waals surface area contributed by atoms with E-state index in [0.717, 1.165) is 35.6 Å². The largest absolute Gasteiger partial charge is 0.340 e. The second-order valence-corrected chi connectivity index (χ2v) is 7.34. The summed E-state index contributed by atoms with van der Waals surface area (Å²) in [5.74, 6) is 0.683. The molecule has 2 atom stereocenters. The lowest BCUT2D eigenvalue weighted by Crippen LogP contribution is -2.51. The van der Waals surface area contributed by atoms with Gasteiger partial charge >= 0.3 is 0 Å². The summed E-state index contributed by atoms with van der Waals surface area (Å²) in [5, 5.41) is 0.708. The third-order valence-electron chi connectivity index (χ3n) is 4.95. The Morgan fingerprint density at radius 1 is 1.07 bits per heavy atom. The minimum atomic E-state index is -0.210. The van der Waals surface area contributed by atoms with Crippen molar-refractivity contribution in [3.63, 3.8) is 0 Å². The molecule has 2 heterocycles. The monoisotopic (exact) mass is 394 g/mol. The number of halogens is 1. The van der Waals surface area contributed by atoms with Crippen LogP contribution in [0.1, 0.15) is 13.3 Å². The van der Waals surface area contributed by atoms with Crippen molar-refractivity contribution in [2.24, 2.45) is 11.5 Å². The smallest absolute Gasteiger partial charge is 0.159 e. The van der Waals surface area contributed by atoms with Crippen LogP contribution in [0.4, 0.5) is 17.1 Å². The van der Waals surface area contributed by atoms with Crippen LogP contribution < -0.4 is 21.3 Å². The van der Waals surface area contributed by atoms with E-state index in [9.17, 15) is 0 Å². The molecule has 2 unspecified atom stereocenters. The number of hydrogen-bond acceptors (Lipinski definition) is 6. The molecule has 1 aromatic heterocycles. The van der Waals surface area contributed by atoms with Crippen LogP contribution in [0.25, 0.3) is 11.4 Å². The molecule has 0 radical (unpaired) electrons. The SMILES string of the molecule is CC(N)N1c2ccc(-c3ncccn3)cc2N(c2ccc(Cl)cc2)CCC1N. The molecule has 0 aliphatic carbocycles. The molecule has 3 aromatic rings. The Labute approximate surface area is 169 Å². The Morgan fingerprint density at radius 2 is 1.79 bits per heavy atom. The van der Waals surface area contributed by atoms with Crippen molar-refractivity contribution in [2.45, 2.75) is 25.7 Å². The Morgan fingerprint density at radius 3 is 2.46 bits per heavy atom. The van der Waals surface area contributed by atoms with E-state index in [2.05, 4.69) is 31.9 Å². The van der Waals surface area contributed by atoms with Crippen molar-refractivity contribution in [1.82, 2.24) is 9.97 Å². The molecular formula is C21H23ClN6. The highest BCUT2D eigenvalue weighted by Crippen LogP contribution is 2.40. The first kappa shape index (κ1) is 18.7. The van der Waals surface area contributed by atoms with Crippen LogP contribution in [0.2, 0.25) is 5.02 Å². The lowest BCUT2D eigenvalue weighted by Gasteiger charge is -2.34. The highest BCUT2D eigenvalue weighted by Gasteiger charge is 2.28. The third-order valence-corrected chi connectivity index (χ3v) is 5.20. The van der Waals surface area contributed by atoms with Crippen LogP contribution in [0.3, 0.4) is 0 Å². The lowest BCUT2D eigenvalue weighted by atomic mass is 10.1. The molecule has 1 aliphatic rings. The number of fused-ring (bicyclic) bond motifs is 1. The second-order valence-electron chi connectivity index (χ2n) is 6.91. The fourth-order valence-electron chi connectivity index (χ4n) is 3.66. The van der Waals surface area contributed by atoms with E-state index < -0.39 is 0 Å². The van der Waals surface area contributed by atoms with Crippen LogP contribution in [0.15, 0.2) is 60.9 Å².